The van der Waals surface area contributed by atoms with Gasteiger partial charge in [-0.25, -0.2) is 0 Å². The molecule has 2 unspecified atom stereocenters. The van der Waals surface area contributed by atoms with E-state index in [0.717, 1.165) is 19.4 Å². The normalized spacial score (nSPS) is 24.5. The number of amides is 1. The van der Waals surface area contributed by atoms with Crippen molar-refractivity contribution in [3.8, 4) is 0 Å². The topological polar surface area (TPSA) is 29.1 Å². The van der Waals surface area contributed by atoms with Crippen molar-refractivity contribution < 1.29 is 4.79 Å². The van der Waals surface area contributed by atoms with E-state index in [-0.39, 0.29) is 17.2 Å². The van der Waals surface area contributed by atoms with Crippen molar-refractivity contribution in [2.24, 2.45) is 17.3 Å². The lowest BCUT2D eigenvalue weighted by atomic mass is 9.64. The first-order valence-electron chi connectivity index (χ1n) is 8.32. The standard InChI is InChI=1S/C19H29NO/c1-15-9-7-13-19(2,3)17(15)18(21)20-14-8-12-16-10-5-4-6-11-16/h4-6,10-11,15,17H,7-9,12-14H2,1-3H3,(H,20,21). The molecule has 0 saturated heterocycles. The Morgan fingerprint density at radius 3 is 2.67 bits per heavy atom. The zero-order valence-corrected chi connectivity index (χ0v) is 13.7. The molecule has 1 fully saturated rings. The van der Waals surface area contributed by atoms with Crippen molar-refractivity contribution in [1.29, 1.82) is 0 Å². The molecule has 0 aromatic heterocycles. The van der Waals surface area contributed by atoms with Crippen LogP contribution in [-0.4, -0.2) is 12.5 Å². The highest BCUT2D eigenvalue weighted by Gasteiger charge is 2.41. The SMILES string of the molecule is CC1CCCC(C)(C)C1C(=O)NCCCc1ccccc1. The molecule has 2 nitrogen and oxygen atoms in total. The van der Waals surface area contributed by atoms with Crippen LogP contribution in [0.3, 0.4) is 0 Å². The lowest BCUT2D eigenvalue weighted by Crippen LogP contribution is -2.45. The molecule has 1 amide bonds. The molecule has 0 heterocycles. The minimum atomic E-state index is 0.140. The van der Waals surface area contributed by atoms with Crippen LogP contribution in [0.1, 0.15) is 52.0 Å². The van der Waals surface area contributed by atoms with Crippen molar-refractivity contribution in [1.82, 2.24) is 5.32 Å². The second-order valence-corrected chi connectivity index (χ2v) is 7.22. The second-order valence-electron chi connectivity index (χ2n) is 7.22. The number of benzene rings is 1. The molecule has 1 aliphatic rings. The number of carbonyl (C=O) groups excluding carboxylic acids is 1. The lowest BCUT2D eigenvalue weighted by Gasteiger charge is -2.41. The van der Waals surface area contributed by atoms with Gasteiger partial charge in [0.05, 0.1) is 0 Å². The number of hydrogen-bond donors (Lipinski definition) is 1. The fourth-order valence-electron chi connectivity index (χ4n) is 3.84. The highest BCUT2D eigenvalue weighted by atomic mass is 16.1. The van der Waals surface area contributed by atoms with Crippen molar-refractivity contribution >= 4 is 5.91 Å². The molecule has 2 atom stereocenters. The summed E-state index contributed by atoms with van der Waals surface area (Å²) in [7, 11) is 0. The summed E-state index contributed by atoms with van der Waals surface area (Å²) in [4.78, 5) is 12.5. The maximum Gasteiger partial charge on any atom is 0.223 e. The molecule has 0 spiro atoms. The van der Waals surface area contributed by atoms with E-state index in [4.69, 9.17) is 0 Å². The van der Waals surface area contributed by atoms with Gasteiger partial charge in [-0.2, -0.15) is 0 Å². The summed E-state index contributed by atoms with van der Waals surface area (Å²) in [5, 5.41) is 3.17. The molecule has 21 heavy (non-hydrogen) atoms. The first kappa shape index (κ1) is 16.1. The van der Waals surface area contributed by atoms with Gasteiger partial charge in [-0.1, -0.05) is 57.5 Å². The zero-order valence-electron chi connectivity index (χ0n) is 13.7. The molecule has 0 radical (unpaired) electrons. The van der Waals surface area contributed by atoms with Gasteiger partial charge in [0.15, 0.2) is 0 Å². The summed E-state index contributed by atoms with van der Waals surface area (Å²) >= 11 is 0. The van der Waals surface area contributed by atoms with Crippen molar-refractivity contribution in [2.75, 3.05) is 6.54 Å². The molecule has 2 heteroatoms. The molecule has 0 aliphatic heterocycles. The van der Waals surface area contributed by atoms with Crippen molar-refractivity contribution in [3.05, 3.63) is 35.9 Å². The van der Waals surface area contributed by atoms with Gasteiger partial charge >= 0.3 is 0 Å². The van der Waals surface area contributed by atoms with Crippen LogP contribution in [0.15, 0.2) is 30.3 Å². The molecule has 1 aromatic carbocycles. The Morgan fingerprint density at radius 2 is 2.00 bits per heavy atom. The zero-order chi connectivity index (χ0) is 15.3. The predicted octanol–water partition coefficient (Wildman–Crippen LogP) is 4.20. The summed E-state index contributed by atoms with van der Waals surface area (Å²) in [5.74, 6) is 0.936. The third-order valence-electron chi connectivity index (χ3n) is 4.96. The van der Waals surface area contributed by atoms with E-state index < -0.39 is 0 Å². The van der Waals surface area contributed by atoms with Crippen LogP contribution in [0.2, 0.25) is 0 Å². The molecule has 0 bridgehead atoms. The van der Waals surface area contributed by atoms with E-state index in [2.05, 4.69) is 50.4 Å². The molecule has 1 aromatic rings. The third kappa shape index (κ3) is 4.33. The van der Waals surface area contributed by atoms with Crippen LogP contribution < -0.4 is 5.32 Å². The summed E-state index contributed by atoms with van der Waals surface area (Å²) in [5.41, 5.74) is 1.49. The van der Waals surface area contributed by atoms with Gasteiger partial charge in [-0.15, -0.1) is 0 Å². The fourth-order valence-corrected chi connectivity index (χ4v) is 3.84. The summed E-state index contributed by atoms with van der Waals surface area (Å²) in [6.07, 6.45) is 5.65. The van der Waals surface area contributed by atoms with E-state index >= 15 is 0 Å². The summed E-state index contributed by atoms with van der Waals surface area (Å²) < 4.78 is 0. The molecule has 1 aliphatic carbocycles. The average molecular weight is 287 g/mol. The average Bonchev–Trinajstić information content (AvgIpc) is 2.43. The van der Waals surface area contributed by atoms with Gasteiger partial charge in [-0.3, -0.25) is 4.79 Å². The van der Waals surface area contributed by atoms with Crippen LogP contribution in [0.25, 0.3) is 0 Å². The molecule has 116 valence electrons. The van der Waals surface area contributed by atoms with E-state index in [1.807, 2.05) is 6.07 Å². The van der Waals surface area contributed by atoms with Gasteiger partial charge in [-0.05, 0) is 42.6 Å². The van der Waals surface area contributed by atoms with E-state index in [9.17, 15) is 4.79 Å². The van der Waals surface area contributed by atoms with Crippen molar-refractivity contribution in [2.45, 2.75) is 52.9 Å². The summed E-state index contributed by atoms with van der Waals surface area (Å²) in [6.45, 7) is 7.51. The number of rotatable bonds is 5. The fraction of sp³-hybridized carbons (Fsp3) is 0.632. The largest absolute Gasteiger partial charge is 0.356 e. The smallest absolute Gasteiger partial charge is 0.223 e. The van der Waals surface area contributed by atoms with Gasteiger partial charge < -0.3 is 5.32 Å². The minimum absolute atomic E-state index is 0.140. The highest BCUT2D eigenvalue weighted by Crippen LogP contribution is 2.43. The summed E-state index contributed by atoms with van der Waals surface area (Å²) in [6, 6.07) is 10.5. The maximum atomic E-state index is 12.5. The predicted molar refractivity (Wildman–Crippen MR) is 88.1 cm³/mol. The van der Waals surface area contributed by atoms with Gasteiger partial charge in [0.1, 0.15) is 0 Å². The van der Waals surface area contributed by atoms with E-state index in [1.54, 1.807) is 0 Å². The van der Waals surface area contributed by atoms with Crippen LogP contribution in [0.4, 0.5) is 0 Å². The Bertz CT molecular complexity index is 452. The third-order valence-corrected chi connectivity index (χ3v) is 4.96. The molecular weight excluding hydrogens is 258 g/mol. The lowest BCUT2D eigenvalue weighted by molar-refractivity contribution is -0.132. The van der Waals surface area contributed by atoms with Gasteiger partial charge in [0, 0.05) is 12.5 Å². The van der Waals surface area contributed by atoms with E-state index in [0.29, 0.717) is 5.92 Å². The van der Waals surface area contributed by atoms with Crippen molar-refractivity contribution in [3.63, 3.8) is 0 Å². The second kappa shape index (κ2) is 7.11. The van der Waals surface area contributed by atoms with Crippen LogP contribution in [0.5, 0.6) is 0 Å². The Hall–Kier alpha value is -1.31. The first-order valence-corrected chi connectivity index (χ1v) is 8.32. The van der Waals surface area contributed by atoms with Crippen LogP contribution in [-0.2, 0) is 11.2 Å². The van der Waals surface area contributed by atoms with E-state index in [1.165, 1.54) is 24.8 Å². The maximum absolute atomic E-state index is 12.5. The Morgan fingerprint density at radius 1 is 1.29 bits per heavy atom. The van der Waals surface area contributed by atoms with Gasteiger partial charge in [0.25, 0.3) is 0 Å². The Kier molecular flexibility index (Phi) is 5.44. The minimum Gasteiger partial charge on any atom is -0.356 e. The number of hydrogen-bond acceptors (Lipinski definition) is 1. The molecule has 1 N–H and O–H groups in total. The van der Waals surface area contributed by atoms with Gasteiger partial charge in [0.2, 0.25) is 5.91 Å². The first-order chi connectivity index (χ1) is 10.0. The monoisotopic (exact) mass is 287 g/mol. The molecular formula is C19H29NO. The Balaban J connectivity index is 1.78. The van der Waals surface area contributed by atoms with Crippen LogP contribution in [0, 0.1) is 17.3 Å². The number of aryl methyl sites for hydroxylation is 1. The molecule has 2 rings (SSSR count). The Labute approximate surface area is 129 Å². The molecule has 1 saturated carbocycles. The van der Waals surface area contributed by atoms with Crippen LogP contribution >= 0.6 is 0 Å². The highest BCUT2D eigenvalue weighted by molar-refractivity contribution is 5.79. The number of carbonyl (C=O) groups is 1. The number of nitrogens with one attached hydrogen (secondary N) is 1. The quantitative estimate of drug-likeness (QED) is 0.808.